The van der Waals surface area contributed by atoms with Crippen LogP contribution < -0.4 is 10.6 Å². The molecule has 1 heterocycles. The van der Waals surface area contributed by atoms with Crippen LogP contribution >= 0.6 is 11.5 Å². The molecule has 0 aliphatic heterocycles. The summed E-state index contributed by atoms with van der Waals surface area (Å²) >= 11 is 1.47. The summed E-state index contributed by atoms with van der Waals surface area (Å²) in [6.07, 6.45) is 3.37. The molecule has 0 atom stereocenters. The van der Waals surface area contributed by atoms with E-state index in [-0.39, 0.29) is 5.91 Å². The Kier molecular flexibility index (Phi) is 5.55. The van der Waals surface area contributed by atoms with Crippen LogP contribution in [0.2, 0.25) is 0 Å². The summed E-state index contributed by atoms with van der Waals surface area (Å²) in [6, 6.07) is 8.08. The average molecular weight is 316 g/mol. The van der Waals surface area contributed by atoms with Crippen molar-refractivity contribution >= 4 is 33.3 Å². The molecule has 0 saturated heterocycles. The van der Waals surface area contributed by atoms with Gasteiger partial charge >= 0.3 is 0 Å². The van der Waals surface area contributed by atoms with Gasteiger partial charge in [0.2, 0.25) is 0 Å². The van der Waals surface area contributed by atoms with Crippen LogP contribution in [0.3, 0.4) is 0 Å². The lowest BCUT2D eigenvalue weighted by molar-refractivity contribution is -0.118. The summed E-state index contributed by atoms with van der Waals surface area (Å²) in [5.74, 6) is 0.749. The van der Waals surface area contributed by atoms with Gasteiger partial charge in [0.15, 0.2) is 0 Å². The second kappa shape index (κ2) is 7.61. The van der Waals surface area contributed by atoms with Gasteiger partial charge in [-0.05, 0) is 36.8 Å². The Morgan fingerprint density at radius 3 is 2.91 bits per heavy atom. The molecule has 0 aliphatic carbocycles. The van der Waals surface area contributed by atoms with Gasteiger partial charge in [0.1, 0.15) is 11.5 Å². The number of allylic oxidation sites excluding steroid dienone is 1. The predicted octanol–water partition coefficient (Wildman–Crippen LogP) is 2.80. The van der Waals surface area contributed by atoms with Crippen LogP contribution in [0.5, 0.6) is 0 Å². The number of carbonyl (C=O) groups is 1. The molecule has 5 nitrogen and oxygen atoms in total. The fourth-order valence-corrected chi connectivity index (χ4v) is 2.81. The molecule has 2 aromatic rings. The number of nitrogens with one attached hydrogen (secondary N) is 2. The molecule has 22 heavy (non-hydrogen) atoms. The number of carbonyl (C=O) groups excluding carboxylic acids is 1. The van der Waals surface area contributed by atoms with E-state index in [0.717, 1.165) is 15.9 Å². The van der Waals surface area contributed by atoms with Gasteiger partial charge in [0.25, 0.3) is 5.91 Å². The maximum absolute atomic E-state index is 12.0. The minimum Gasteiger partial charge on any atom is -0.367 e. The third kappa shape index (κ3) is 3.65. The predicted molar refractivity (Wildman–Crippen MR) is 92.8 cm³/mol. The number of benzene rings is 1. The average Bonchev–Trinajstić information content (AvgIpc) is 2.95. The standard InChI is InChI=1S/C16H20N4OS/c1-4-13(20(3)5-2)16(21)18-11-10-17-15-12-8-6-7-9-14(12)22-19-15/h4-9H,2,10-11H2,1,3H3,(H,17,19)(H,18,21)/b13-4-. The molecular weight excluding hydrogens is 296 g/mol. The molecule has 0 unspecified atom stereocenters. The van der Waals surface area contributed by atoms with E-state index in [4.69, 9.17) is 0 Å². The van der Waals surface area contributed by atoms with E-state index < -0.39 is 0 Å². The topological polar surface area (TPSA) is 57.3 Å². The van der Waals surface area contributed by atoms with E-state index in [0.29, 0.717) is 18.8 Å². The van der Waals surface area contributed by atoms with Crippen LogP contribution in [0.4, 0.5) is 5.82 Å². The molecule has 1 amide bonds. The number of hydrogen-bond donors (Lipinski definition) is 2. The Hall–Kier alpha value is -2.34. The van der Waals surface area contributed by atoms with E-state index in [9.17, 15) is 4.79 Å². The van der Waals surface area contributed by atoms with Crippen LogP contribution in [0.25, 0.3) is 10.1 Å². The smallest absolute Gasteiger partial charge is 0.267 e. The number of amides is 1. The van der Waals surface area contributed by atoms with Crippen LogP contribution in [-0.2, 0) is 4.79 Å². The first-order chi connectivity index (χ1) is 10.7. The van der Waals surface area contributed by atoms with Crippen molar-refractivity contribution in [2.45, 2.75) is 6.92 Å². The highest BCUT2D eigenvalue weighted by Crippen LogP contribution is 2.25. The Labute approximate surface area is 134 Å². The molecule has 1 aromatic carbocycles. The zero-order valence-electron chi connectivity index (χ0n) is 12.8. The van der Waals surface area contributed by atoms with Gasteiger partial charge in [0, 0.05) is 25.5 Å². The number of likely N-dealkylation sites (N-methyl/N-ethyl adjacent to an activating group) is 1. The Morgan fingerprint density at radius 2 is 2.18 bits per heavy atom. The minimum atomic E-state index is -0.116. The second-order valence-corrected chi connectivity index (χ2v) is 5.48. The number of fused-ring (bicyclic) bond motifs is 1. The van der Waals surface area contributed by atoms with Crippen molar-refractivity contribution in [2.75, 3.05) is 25.5 Å². The zero-order chi connectivity index (χ0) is 15.9. The number of anilines is 1. The highest BCUT2D eigenvalue weighted by atomic mass is 32.1. The minimum absolute atomic E-state index is 0.116. The summed E-state index contributed by atoms with van der Waals surface area (Å²) < 4.78 is 5.54. The quantitative estimate of drug-likeness (QED) is 0.609. The van der Waals surface area contributed by atoms with Crippen LogP contribution in [-0.4, -0.2) is 35.3 Å². The highest BCUT2D eigenvalue weighted by Gasteiger charge is 2.10. The lowest BCUT2D eigenvalue weighted by atomic mass is 10.2. The fraction of sp³-hybridized carbons (Fsp3) is 0.250. The monoisotopic (exact) mass is 316 g/mol. The molecule has 0 saturated carbocycles. The van der Waals surface area contributed by atoms with E-state index >= 15 is 0 Å². The van der Waals surface area contributed by atoms with Crippen LogP contribution in [0.15, 0.2) is 48.8 Å². The van der Waals surface area contributed by atoms with Crippen molar-refractivity contribution in [2.24, 2.45) is 0 Å². The van der Waals surface area contributed by atoms with Gasteiger partial charge in [0.05, 0.1) is 4.70 Å². The van der Waals surface area contributed by atoms with Crippen molar-refractivity contribution in [1.29, 1.82) is 0 Å². The zero-order valence-corrected chi connectivity index (χ0v) is 13.6. The molecular formula is C16H20N4OS. The molecule has 0 radical (unpaired) electrons. The van der Waals surface area contributed by atoms with Gasteiger partial charge in [-0.2, -0.15) is 4.37 Å². The summed E-state index contributed by atoms with van der Waals surface area (Å²) in [5.41, 5.74) is 0.578. The maximum atomic E-state index is 12.0. The first-order valence-corrected chi connectivity index (χ1v) is 7.83. The van der Waals surface area contributed by atoms with Crippen molar-refractivity contribution in [1.82, 2.24) is 14.6 Å². The van der Waals surface area contributed by atoms with E-state index in [2.05, 4.69) is 21.6 Å². The first kappa shape index (κ1) is 16.0. The number of rotatable bonds is 7. The highest BCUT2D eigenvalue weighted by molar-refractivity contribution is 7.13. The summed E-state index contributed by atoms with van der Waals surface area (Å²) in [4.78, 5) is 13.7. The third-order valence-corrected chi connectivity index (χ3v) is 4.07. The van der Waals surface area contributed by atoms with Crippen LogP contribution in [0, 0.1) is 0 Å². The van der Waals surface area contributed by atoms with Crippen molar-refractivity contribution in [3.8, 4) is 0 Å². The first-order valence-electron chi connectivity index (χ1n) is 7.05. The Balaban J connectivity index is 1.84. The molecule has 0 bridgehead atoms. The molecule has 0 fully saturated rings. The molecule has 2 N–H and O–H groups in total. The number of nitrogens with zero attached hydrogens (tertiary/aromatic N) is 2. The van der Waals surface area contributed by atoms with Crippen molar-refractivity contribution < 1.29 is 4.79 Å². The summed E-state index contributed by atoms with van der Waals surface area (Å²) in [7, 11) is 1.79. The van der Waals surface area contributed by atoms with E-state index in [1.807, 2.05) is 31.2 Å². The molecule has 116 valence electrons. The largest absolute Gasteiger partial charge is 0.367 e. The molecule has 1 aromatic heterocycles. The van der Waals surface area contributed by atoms with Crippen molar-refractivity contribution in [3.05, 3.63) is 48.8 Å². The van der Waals surface area contributed by atoms with Gasteiger partial charge in [-0.25, -0.2) is 0 Å². The van der Waals surface area contributed by atoms with Gasteiger partial charge in [-0.3, -0.25) is 4.79 Å². The number of aromatic nitrogens is 1. The normalized spacial score (nSPS) is 11.3. The molecule has 0 spiro atoms. The van der Waals surface area contributed by atoms with Crippen LogP contribution in [0.1, 0.15) is 6.92 Å². The summed E-state index contributed by atoms with van der Waals surface area (Å²) in [6.45, 7) is 6.62. The van der Waals surface area contributed by atoms with E-state index in [1.165, 1.54) is 11.5 Å². The van der Waals surface area contributed by atoms with Crippen molar-refractivity contribution in [3.63, 3.8) is 0 Å². The lowest BCUT2D eigenvalue weighted by Gasteiger charge is -2.17. The van der Waals surface area contributed by atoms with Gasteiger partial charge in [-0.1, -0.05) is 24.8 Å². The van der Waals surface area contributed by atoms with Gasteiger partial charge < -0.3 is 15.5 Å². The Morgan fingerprint density at radius 1 is 1.41 bits per heavy atom. The second-order valence-electron chi connectivity index (χ2n) is 4.68. The Bertz CT molecular complexity index is 692. The summed E-state index contributed by atoms with van der Waals surface area (Å²) in [5, 5.41) is 7.24. The molecule has 2 rings (SSSR count). The SMILES string of the molecule is C=CN(C)/C(=C\C)C(=O)NCCNc1nsc2ccccc12. The molecule has 0 aliphatic rings. The van der Waals surface area contributed by atoms with Gasteiger partial charge in [-0.15, -0.1) is 0 Å². The molecule has 6 heteroatoms. The number of hydrogen-bond acceptors (Lipinski definition) is 5. The maximum Gasteiger partial charge on any atom is 0.267 e. The third-order valence-electron chi connectivity index (χ3n) is 3.24. The fourth-order valence-electron chi connectivity index (χ4n) is 2.05. The van der Waals surface area contributed by atoms with E-state index in [1.54, 1.807) is 24.2 Å². The lowest BCUT2D eigenvalue weighted by Crippen LogP contribution is -2.33.